The summed E-state index contributed by atoms with van der Waals surface area (Å²) in [6.07, 6.45) is 4.98. The third kappa shape index (κ3) is 4.17. The number of carbonyl (C=O) groups is 2. The van der Waals surface area contributed by atoms with Gasteiger partial charge in [0.1, 0.15) is 5.76 Å². The molecule has 0 saturated carbocycles. The first-order chi connectivity index (χ1) is 17.7. The monoisotopic (exact) mass is 482 g/mol. The van der Waals surface area contributed by atoms with Crippen LogP contribution in [0.2, 0.25) is 0 Å². The number of fused-ring (bicyclic) bond motifs is 3. The first kappa shape index (κ1) is 21.9. The quantitative estimate of drug-likeness (QED) is 0.404. The number of carbonyl (C=O) groups excluding carboxylic acids is 2. The zero-order chi connectivity index (χ0) is 24.5. The summed E-state index contributed by atoms with van der Waals surface area (Å²) >= 11 is 0. The second-order valence-corrected chi connectivity index (χ2v) is 8.55. The molecule has 0 bridgehead atoms. The fourth-order valence-corrected chi connectivity index (χ4v) is 4.57. The number of pyridine rings is 1. The summed E-state index contributed by atoms with van der Waals surface area (Å²) in [5, 5.41) is 3.39. The number of ether oxygens (including phenoxy) is 3. The average Bonchev–Trinajstić information content (AvgIpc) is 3.66. The summed E-state index contributed by atoms with van der Waals surface area (Å²) in [4.78, 5) is 30.4. The lowest BCUT2D eigenvalue weighted by Crippen LogP contribution is -2.28. The van der Waals surface area contributed by atoms with Crippen LogP contribution in [0.15, 0.2) is 65.3 Å². The third-order valence-electron chi connectivity index (χ3n) is 6.26. The van der Waals surface area contributed by atoms with Gasteiger partial charge in [0.15, 0.2) is 18.1 Å². The van der Waals surface area contributed by atoms with Crippen LogP contribution in [-0.4, -0.2) is 30.3 Å². The van der Waals surface area contributed by atoms with Crippen molar-refractivity contribution >= 4 is 34.4 Å². The lowest BCUT2D eigenvalue weighted by Gasteiger charge is -2.12. The molecule has 0 saturated heterocycles. The molecule has 0 unspecified atom stereocenters. The van der Waals surface area contributed by atoms with Gasteiger partial charge in [0.25, 0.3) is 5.91 Å². The van der Waals surface area contributed by atoms with Crippen molar-refractivity contribution in [1.29, 1.82) is 0 Å². The van der Waals surface area contributed by atoms with Crippen molar-refractivity contribution in [2.24, 2.45) is 0 Å². The Bertz CT molecular complexity index is 1510. The highest BCUT2D eigenvalue weighted by molar-refractivity contribution is 6.07. The van der Waals surface area contributed by atoms with E-state index in [1.807, 2.05) is 42.5 Å². The summed E-state index contributed by atoms with van der Waals surface area (Å²) < 4.78 is 21.5. The number of furan rings is 1. The second kappa shape index (κ2) is 9.22. The fourth-order valence-electron chi connectivity index (χ4n) is 4.57. The van der Waals surface area contributed by atoms with Crippen LogP contribution in [0.4, 0.5) is 0 Å². The average molecular weight is 482 g/mol. The van der Waals surface area contributed by atoms with Gasteiger partial charge in [-0.05, 0) is 65.9 Å². The van der Waals surface area contributed by atoms with Crippen LogP contribution >= 0.6 is 0 Å². The van der Waals surface area contributed by atoms with Crippen molar-refractivity contribution < 1.29 is 28.2 Å². The molecule has 0 spiro atoms. The van der Waals surface area contributed by atoms with Gasteiger partial charge in [-0.3, -0.25) is 4.79 Å². The standard InChI is InChI=1S/C28H22N2O6/c31-25(29-14-19-4-3-11-33-19)15-34-28(32)26-20-5-1-2-6-22(20)30-27-18(8-9-21(26)27)12-17-7-10-23-24(13-17)36-16-35-23/h1-7,10-13H,8-9,14-16H2,(H,29,31). The van der Waals surface area contributed by atoms with Gasteiger partial charge in [-0.15, -0.1) is 0 Å². The Morgan fingerprint density at radius 1 is 1.03 bits per heavy atom. The number of benzene rings is 2. The van der Waals surface area contributed by atoms with Crippen molar-refractivity contribution in [3.63, 3.8) is 0 Å². The Morgan fingerprint density at radius 3 is 2.81 bits per heavy atom. The van der Waals surface area contributed by atoms with Crippen molar-refractivity contribution in [1.82, 2.24) is 10.3 Å². The van der Waals surface area contributed by atoms with Crippen LogP contribution in [-0.2, 0) is 22.5 Å². The Morgan fingerprint density at radius 2 is 1.92 bits per heavy atom. The molecule has 0 fully saturated rings. The van der Waals surface area contributed by atoms with E-state index in [-0.39, 0.29) is 19.9 Å². The van der Waals surface area contributed by atoms with Crippen LogP contribution in [0.5, 0.6) is 11.5 Å². The van der Waals surface area contributed by atoms with Gasteiger partial charge < -0.3 is 23.9 Å². The van der Waals surface area contributed by atoms with Crippen molar-refractivity contribution in [2.75, 3.05) is 13.4 Å². The van der Waals surface area contributed by atoms with Gasteiger partial charge >= 0.3 is 5.97 Å². The van der Waals surface area contributed by atoms with Crippen LogP contribution < -0.4 is 14.8 Å². The number of allylic oxidation sites excluding steroid dienone is 1. The van der Waals surface area contributed by atoms with E-state index in [2.05, 4.69) is 11.4 Å². The molecule has 4 aromatic rings. The van der Waals surface area contributed by atoms with Gasteiger partial charge in [-0.2, -0.15) is 0 Å². The molecular formula is C28H22N2O6. The van der Waals surface area contributed by atoms with Crippen LogP contribution in [0.1, 0.15) is 39.4 Å². The lowest BCUT2D eigenvalue weighted by atomic mass is 10.0. The molecule has 36 heavy (non-hydrogen) atoms. The highest BCUT2D eigenvalue weighted by Gasteiger charge is 2.28. The van der Waals surface area contributed by atoms with E-state index in [9.17, 15) is 9.59 Å². The van der Waals surface area contributed by atoms with Gasteiger partial charge in [-0.1, -0.05) is 24.3 Å². The smallest absolute Gasteiger partial charge is 0.339 e. The molecule has 2 aromatic heterocycles. The van der Waals surface area contributed by atoms with Gasteiger partial charge in [0.05, 0.1) is 29.6 Å². The molecule has 0 atom stereocenters. The molecule has 1 N–H and O–H groups in total. The highest BCUT2D eigenvalue weighted by atomic mass is 16.7. The number of amides is 1. The fraction of sp³-hybridized carbons (Fsp3) is 0.179. The zero-order valence-electron chi connectivity index (χ0n) is 19.3. The molecule has 6 rings (SSSR count). The maximum absolute atomic E-state index is 13.3. The Hall–Kier alpha value is -4.59. The number of rotatable bonds is 6. The number of nitrogens with zero attached hydrogens (tertiary/aromatic N) is 1. The van der Waals surface area contributed by atoms with Gasteiger partial charge in [0.2, 0.25) is 6.79 Å². The third-order valence-corrected chi connectivity index (χ3v) is 6.26. The SMILES string of the molecule is O=C(COC(=O)c1c2c(nc3ccccc13)C(=Cc1ccc3c(c1)OCO3)CC2)NCc1ccco1. The van der Waals surface area contributed by atoms with E-state index in [0.29, 0.717) is 34.4 Å². The first-order valence-corrected chi connectivity index (χ1v) is 11.6. The van der Waals surface area contributed by atoms with Crippen molar-refractivity contribution in [3.8, 4) is 11.5 Å². The van der Waals surface area contributed by atoms with Gasteiger partial charge in [0, 0.05) is 5.39 Å². The molecule has 1 aliphatic heterocycles. The predicted molar refractivity (Wildman–Crippen MR) is 131 cm³/mol. The minimum atomic E-state index is -0.540. The summed E-state index contributed by atoms with van der Waals surface area (Å²) in [6.45, 7) is 0.0634. The van der Waals surface area contributed by atoms with E-state index in [1.165, 1.54) is 6.26 Å². The van der Waals surface area contributed by atoms with Crippen LogP contribution in [0.25, 0.3) is 22.6 Å². The van der Waals surface area contributed by atoms with Gasteiger partial charge in [-0.25, -0.2) is 9.78 Å². The van der Waals surface area contributed by atoms with Crippen LogP contribution in [0.3, 0.4) is 0 Å². The first-order valence-electron chi connectivity index (χ1n) is 11.6. The number of aromatic nitrogens is 1. The molecular weight excluding hydrogens is 460 g/mol. The summed E-state index contributed by atoms with van der Waals surface area (Å²) in [7, 11) is 0. The number of esters is 1. The largest absolute Gasteiger partial charge is 0.467 e. The molecule has 3 heterocycles. The molecule has 1 aliphatic carbocycles. The Kier molecular flexibility index (Phi) is 5.61. The lowest BCUT2D eigenvalue weighted by molar-refractivity contribution is -0.124. The second-order valence-electron chi connectivity index (χ2n) is 8.55. The minimum Gasteiger partial charge on any atom is -0.467 e. The number of para-hydroxylation sites is 1. The van der Waals surface area contributed by atoms with E-state index in [0.717, 1.165) is 34.6 Å². The molecule has 180 valence electrons. The Labute approximate surface area is 206 Å². The zero-order valence-corrected chi connectivity index (χ0v) is 19.3. The molecule has 8 nitrogen and oxygen atoms in total. The van der Waals surface area contributed by atoms with Crippen LogP contribution in [0, 0.1) is 0 Å². The molecule has 2 aliphatic rings. The topological polar surface area (TPSA) is 99.9 Å². The van der Waals surface area contributed by atoms with E-state index in [4.69, 9.17) is 23.6 Å². The number of hydrogen-bond acceptors (Lipinski definition) is 7. The molecule has 1 amide bonds. The number of nitrogens with one attached hydrogen (secondary N) is 1. The van der Waals surface area contributed by atoms with E-state index in [1.54, 1.807) is 12.1 Å². The normalized spacial score (nSPS) is 14.7. The maximum Gasteiger partial charge on any atom is 0.339 e. The van der Waals surface area contributed by atoms with Crippen molar-refractivity contribution in [3.05, 3.63) is 89.0 Å². The number of hydrogen-bond donors (Lipinski definition) is 1. The molecule has 8 heteroatoms. The molecule has 0 radical (unpaired) electrons. The van der Waals surface area contributed by atoms with E-state index < -0.39 is 11.9 Å². The predicted octanol–water partition coefficient (Wildman–Crippen LogP) is 4.52. The maximum atomic E-state index is 13.3. The summed E-state index contributed by atoms with van der Waals surface area (Å²) in [6, 6.07) is 16.8. The highest BCUT2D eigenvalue weighted by Crippen LogP contribution is 2.39. The van der Waals surface area contributed by atoms with Crippen molar-refractivity contribution in [2.45, 2.75) is 19.4 Å². The minimum absolute atomic E-state index is 0.220. The Balaban J connectivity index is 1.27. The van der Waals surface area contributed by atoms with E-state index >= 15 is 0 Å². The summed E-state index contributed by atoms with van der Waals surface area (Å²) in [5.74, 6) is 1.12. The molecule has 2 aromatic carbocycles. The summed E-state index contributed by atoms with van der Waals surface area (Å²) in [5.41, 5.74) is 4.77.